The molecule has 0 bridgehead atoms. The van der Waals surface area contributed by atoms with E-state index in [-0.39, 0.29) is 49.0 Å². The van der Waals surface area contributed by atoms with Crippen LogP contribution in [0.1, 0.15) is 30.0 Å². The molecule has 2 aromatic carbocycles. The number of benzene rings is 2. The van der Waals surface area contributed by atoms with Crippen LogP contribution in [0.25, 0.3) is 0 Å². The summed E-state index contributed by atoms with van der Waals surface area (Å²) in [5, 5.41) is 21.6. The van der Waals surface area contributed by atoms with E-state index in [1.807, 2.05) is 30.3 Å². The average Bonchev–Trinajstić information content (AvgIpc) is 2.76. The highest BCUT2D eigenvalue weighted by Crippen LogP contribution is 2.05. The predicted molar refractivity (Wildman–Crippen MR) is 125 cm³/mol. The monoisotopic (exact) mass is 469 g/mol. The number of nitrogens with one attached hydrogen (secondary N) is 4. The molecule has 0 heterocycles. The van der Waals surface area contributed by atoms with E-state index in [1.165, 1.54) is 0 Å². The Morgan fingerprint density at radius 3 is 2.19 bits per heavy atom. The zero-order chi connectivity index (χ0) is 21.2. The minimum Gasteiger partial charge on any atom is -0.350 e. The molecule has 170 valence electrons. The topological polar surface area (TPSA) is 140 Å². The fraction of sp³-hybridized carbons (Fsp3) is 0.286. The molecule has 0 aliphatic rings. The molecule has 0 unspecified atom stereocenters. The highest BCUT2D eigenvalue weighted by molar-refractivity contribution is 5.95. The Morgan fingerprint density at radius 2 is 1.61 bits per heavy atom. The number of rotatable bonds is 9. The van der Waals surface area contributed by atoms with Gasteiger partial charge in [0.15, 0.2) is 0 Å². The van der Waals surface area contributed by atoms with E-state index >= 15 is 0 Å². The lowest BCUT2D eigenvalue weighted by Gasteiger charge is -2.17. The molecule has 7 N–H and O–H groups in total. The summed E-state index contributed by atoms with van der Waals surface area (Å²) < 4.78 is 0. The van der Waals surface area contributed by atoms with Crippen molar-refractivity contribution in [3.63, 3.8) is 0 Å². The number of hydrogen-bond donors (Lipinski definition) is 6. The van der Waals surface area contributed by atoms with Gasteiger partial charge in [0.1, 0.15) is 11.9 Å². The van der Waals surface area contributed by atoms with Crippen molar-refractivity contribution in [2.45, 2.75) is 38.4 Å². The molecular weight excluding hydrogens is 441 g/mol. The first-order chi connectivity index (χ1) is 13.9. The molecule has 0 fully saturated rings. The molecule has 0 saturated carbocycles. The van der Waals surface area contributed by atoms with Gasteiger partial charge >= 0.3 is 0 Å². The number of hydroxylamine groups is 1. The van der Waals surface area contributed by atoms with Crippen molar-refractivity contribution in [2.75, 3.05) is 0 Å². The van der Waals surface area contributed by atoms with Gasteiger partial charge in [0.25, 0.3) is 0 Å². The fourth-order valence-corrected chi connectivity index (χ4v) is 2.68. The molecule has 10 heteroatoms. The van der Waals surface area contributed by atoms with Gasteiger partial charge in [0.05, 0.1) is 6.04 Å². The Hall–Kier alpha value is -2.65. The number of carbonyl (C=O) groups is 2. The smallest absolute Gasteiger partial charge is 0.242 e. The van der Waals surface area contributed by atoms with Crippen LogP contribution < -0.4 is 21.8 Å². The Morgan fingerprint density at radius 1 is 1.00 bits per heavy atom. The van der Waals surface area contributed by atoms with Crippen LogP contribution in [-0.4, -0.2) is 34.9 Å². The van der Waals surface area contributed by atoms with Gasteiger partial charge in [-0.05, 0) is 30.9 Å². The van der Waals surface area contributed by atoms with Crippen molar-refractivity contribution < 1.29 is 14.8 Å². The SMILES string of the molecule is C[C@H](NC(=O)[C@H](N)CCc1ccccc1)C(=O)NCc1ccc(C(=N)NO)cc1.Cl.Cl. The quantitative estimate of drug-likeness (QED) is 0.189. The number of amidine groups is 1. The van der Waals surface area contributed by atoms with Crippen LogP contribution in [0.5, 0.6) is 0 Å². The first-order valence-electron chi connectivity index (χ1n) is 9.36. The summed E-state index contributed by atoms with van der Waals surface area (Å²) >= 11 is 0. The summed E-state index contributed by atoms with van der Waals surface area (Å²) in [4.78, 5) is 24.5. The van der Waals surface area contributed by atoms with E-state index < -0.39 is 12.1 Å². The molecule has 0 spiro atoms. The third-order valence-corrected chi connectivity index (χ3v) is 4.50. The van der Waals surface area contributed by atoms with Crippen molar-refractivity contribution >= 4 is 42.5 Å². The van der Waals surface area contributed by atoms with Gasteiger partial charge in [0, 0.05) is 12.1 Å². The molecule has 0 saturated heterocycles. The standard InChI is InChI=1S/C21H27N5O3.2ClH/c1-14(25-21(28)18(22)12-9-15-5-3-2-4-6-15)20(27)24-13-16-7-10-17(11-8-16)19(23)26-29;;/h2-8,10-11,14,18,29H,9,12-13,22H2,1H3,(H2,23,26)(H,24,27)(H,25,28);2*1H/t14-,18+;;/m0../s1. The minimum atomic E-state index is -0.712. The van der Waals surface area contributed by atoms with Crippen molar-refractivity contribution in [1.82, 2.24) is 16.1 Å². The molecule has 2 amide bonds. The molecule has 2 atom stereocenters. The highest BCUT2D eigenvalue weighted by atomic mass is 35.5. The second kappa shape index (κ2) is 14.4. The molecule has 0 aliphatic heterocycles. The van der Waals surface area contributed by atoms with E-state index in [0.29, 0.717) is 18.4 Å². The summed E-state index contributed by atoms with van der Waals surface area (Å²) in [5.41, 5.74) is 10.2. The molecule has 8 nitrogen and oxygen atoms in total. The fourth-order valence-electron chi connectivity index (χ4n) is 2.68. The molecule has 0 radical (unpaired) electrons. The van der Waals surface area contributed by atoms with E-state index in [9.17, 15) is 9.59 Å². The highest BCUT2D eigenvalue weighted by Gasteiger charge is 2.19. The number of carbonyl (C=O) groups excluding carboxylic acids is 2. The maximum atomic E-state index is 12.2. The van der Waals surface area contributed by atoms with Crippen molar-refractivity contribution in [3.05, 3.63) is 71.3 Å². The zero-order valence-corrected chi connectivity index (χ0v) is 18.8. The summed E-state index contributed by atoms with van der Waals surface area (Å²) in [7, 11) is 0. The van der Waals surface area contributed by atoms with Crippen LogP contribution in [0.15, 0.2) is 54.6 Å². The summed E-state index contributed by atoms with van der Waals surface area (Å²) in [6.07, 6.45) is 1.18. The van der Waals surface area contributed by atoms with Crippen LogP contribution in [0.2, 0.25) is 0 Å². The summed E-state index contributed by atoms with van der Waals surface area (Å²) in [6.45, 7) is 1.88. The number of halogens is 2. The number of aryl methyl sites for hydroxylation is 1. The molecule has 0 aliphatic carbocycles. The summed E-state index contributed by atoms with van der Waals surface area (Å²) in [6, 6.07) is 15.2. The van der Waals surface area contributed by atoms with E-state index in [0.717, 1.165) is 11.1 Å². The lowest BCUT2D eigenvalue weighted by Crippen LogP contribution is -2.50. The van der Waals surface area contributed by atoms with Crippen LogP contribution in [0.3, 0.4) is 0 Å². The third kappa shape index (κ3) is 9.35. The van der Waals surface area contributed by atoms with Crippen LogP contribution >= 0.6 is 24.8 Å². The largest absolute Gasteiger partial charge is 0.350 e. The first-order valence-corrected chi connectivity index (χ1v) is 9.36. The summed E-state index contributed by atoms with van der Waals surface area (Å²) in [5.74, 6) is -0.786. The second-order valence-electron chi connectivity index (χ2n) is 6.76. The number of nitrogens with two attached hydrogens (primary N) is 1. The van der Waals surface area contributed by atoms with Gasteiger partial charge in [0.2, 0.25) is 11.8 Å². The maximum Gasteiger partial charge on any atom is 0.242 e. The molecule has 2 aromatic rings. The van der Waals surface area contributed by atoms with Gasteiger partial charge in [-0.3, -0.25) is 25.7 Å². The Labute approximate surface area is 194 Å². The van der Waals surface area contributed by atoms with Gasteiger partial charge in [-0.25, -0.2) is 0 Å². The van der Waals surface area contributed by atoms with Crippen molar-refractivity contribution in [2.24, 2.45) is 5.73 Å². The molecule has 31 heavy (non-hydrogen) atoms. The lowest BCUT2D eigenvalue weighted by molar-refractivity contribution is -0.129. The average molecular weight is 470 g/mol. The van der Waals surface area contributed by atoms with Gasteiger partial charge < -0.3 is 16.4 Å². The molecule has 0 aromatic heterocycles. The van der Waals surface area contributed by atoms with E-state index in [1.54, 1.807) is 36.7 Å². The molecular formula is C21H29Cl2N5O3. The lowest BCUT2D eigenvalue weighted by atomic mass is 10.1. The van der Waals surface area contributed by atoms with Gasteiger partial charge in [-0.1, -0.05) is 54.6 Å². The Kier molecular flexibility index (Phi) is 13.1. The number of hydrogen-bond acceptors (Lipinski definition) is 5. The van der Waals surface area contributed by atoms with Gasteiger partial charge in [-0.2, -0.15) is 0 Å². The maximum absolute atomic E-state index is 12.2. The normalized spacial score (nSPS) is 11.7. The van der Waals surface area contributed by atoms with Crippen LogP contribution in [-0.2, 0) is 22.6 Å². The Bertz CT molecular complexity index is 835. The van der Waals surface area contributed by atoms with Crippen LogP contribution in [0, 0.1) is 5.41 Å². The van der Waals surface area contributed by atoms with Crippen molar-refractivity contribution in [3.8, 4) is 0 Å². The minimum absolute atomic E-state index is 0. The van der Waals surface area contributed by atoms with E-state index in [4.69, 9.17) is 16.4 Å². The zero-order valence-electron chi connectivity index (χ0n) is 17.1. The Balaban J connectivity index is 0.00000450. The number of amides is 2. The third-order valence-electron chi connectivity index (χ3n) is 4.50. The van der Waals surface area contributed by atoms with Crippen LogP contribution in [0.4, 0.5) is 0 Å². The molecule has 2 rings (SSSR count). The van der Waals surface area contributed by atoms with Crippen molar-refractivity contribution in [1.29, 1.82) is 5.41 Å². The second-order valence-corrected chi connectivity index (χ2v) is 6.76. The van der Waals surface area contributed by atoms with Gasteiger partial charge in [-0.15, -0.1) is 24.8 Å². The predicted octanol–water partition coefficient (Wildman–Crippen LogP) is 1.92. The van der Waals surface area contributed by atoms with E-state index in [2.05, 4.69) is 10.6 Å². The first kappa shape index (κ1) is 28.4.